The second kappa shape index (κ2) is 5.05. The molecule has 1 aliphatic heterocycles. The van der Waals surface area contributed by atoms with Crippen LogP contribution in [0.2, 0.25) is 0 Å². The van der Waals surface area contributed by atoms with E-state index in [9.17, 15) is 5.11 Å². The smallest absolute Gasteiger partial charge is 0.0862 e. The maximum Gasteiger partial charge on any atom is 0.0862 e. The van der Waals surface area contributed by atoms with Gasteiger partial charge in [0.05, 0.1) is 12.2 Å². The van der Waals surface area contributed by atoms with Gasteiger partial charge in [0, 0.05) is 6.61 Å². The van der Waals surface area contributed by atoms with Gasteiger partial charge in [0.25, 0.3) is 0 Å². The standard InChI is InChI=1S/C14H26O2/c1-9-4-5-12(8-11(9)3)13(15)14-10(2)6-7-16-14/h9-15H,4-8H2,1-3H3. The summed E-state index contributed by atoms with van der Waals surface area (Å²) >= 11 is 0. The molecule has 2 aliphatic rings. The number of ether oxygens (including phenoxy) is 1. The minimum absolute atomic E-state index is 0.102. The highest BCUT2D eigenvalue weighted by atomic mass is 16.5. The SMILES string of the molecule is CC1CCC(C(O)C2OCCC2C)CC1C. The maximum atomic E-state index is 10.4. The molecule has 0 radical (unpaired) electrons. The molecule has 1 saturated carbocycles. The molecule has 1 aliphatic carbocycles. The molecule has 2 rings (SSSR count). The lowest BCUT2D eigenvalue weighted by Crippen LogP contribution is -2.39. The van der Waals surface area contributed by atoms with Crippen LogP contribution in [0.5, 0.6) is 0 Å². The van der Waals surface area contributed by atoms with Crippen LogP contribution in [0.15, 0.2) is 0 Å². The minimum Gasteiger partial charge on any atom is -0.390 e. The Morgan fingerprint density at radius 1 is 1.00 bits per heavy atom. The van der Waals surface area contributed by atoms with Crippen molar-refractivity contribution < 1.29 is 9.84 Å². The van der Waals surface area contributed by atoms with E-state index in [1.807, 2.05) is 0 Å². The first-order valence-corrected chi connectivity index (χ1v) is 6.89. The third kappa shape index (κ3) is 2.43. The lowest BCUT2D eigenvalue weighted by Gasteiger charge is -2.37. The number of aliphatic hydroxyl groups excluding tert-OH is 1. The van der Waals surface area contributed by atoms with Crippen LogP contribution in [0, 0.1) is 23.7 Å². The molecule has 6 atom stereocenters. The second-order valence-corrected chi connectivity index (χ2v) is 6.12. The Bertz CT molecular complexity index is 229. The molecule has 94 valence electrons. The van der Waals surface area contributed by atoms with Crippen molar-refractivity contribution in [2.45, 2.75) is 58.7 Å². The van der Waals surface area contributed by atoms with E-state index in [2.05, 4.69) is 20.8 Å². The molecular weight excluding hydrogens is 200 g/mol. The first-order valence-electron chi connectivity index (χ1n) is 6.89. The Balaban J connectivity index is 1.92. The van der Waals surface area contributed by atoms with Gasteiger partial charge < -0.3 is 9.84 Å². The molecule has 0 aromatic heterocycles. The average Bonchev–Trinajstić information content (AvgIpc) is 2.67. The van der Waals surface area contributed by atoms with Crippen molar-refractivity contribution in [1.29, 1.82) is 0 Å². The van der Waals surface area contributed by atoms with Crippen LogP contribution >= 0.6 is 0 Å². The van der Waals surface area contributed by atoms with E-state index in [1.165, 1.54) is 19.3 Å². The third-order valence-corrected chi connectivity index (χ3v) is 4.90. The van der Waals surface area contributed by atoms with Crippen molar-refractivity contribution >= 4 is 0 Å². The molecular formula is C14H26O2. The van der Waals surface area contributed by atoms with Crippen LogP contribution in [-0.2, 0) is 4.74 Å². The third-order valence-electron chi connectivity index (χ3n) is 4.90. The second-order valence-electron chi connectivity index (χ2n) is 6.12. The van der Waals surface area contributed by atoms with Gasteiger partial charge in [-0.3, -0.25) is 0 Å². The van der Waals surface area contributed by atoms with Crippen LogP contribution in [-0.4, -0.2) is 23.9 Å². The molecule has 0 aromatic rings. The Morgan fingerprint density at radius 2 is 1.75 bits per heavy atom. The van der Waals surface area contributed by atoms with Gasteiger partial charge in [-0.25, -0.2) is 0 Å². The predicted molar refractivity (Wildman–Crippen MR) is 65.2 cm³/mol. The van der Waals surface area contributed by atoms with Crippen molar-refractivity contribution in [3.63, 3.8) is 0 Å². The summed E-state index contributed by atoms with van der Waals surface area (Å²) in [6.07, 6.45) is 4.61. The van der Waals surface area contributed by atoms with E-state index in [0.29, 0.717) is 11.8 Å². The van der Waals surface area contributed by atoms with E-state index < -0.39 is 0 Å². The highest BCUT2D eigenvalue weighted by molar-refractivity contribution is 4.87. The summed E-state index contributed by atoms with van der Waals surface area (Å²) in [5, 5.41) is 10.4. The number of aliphatic hydroxyl groups is 1. The lowest BCUT2D eigenvalue weighted by molar-refractivity contribution is -0.0607. The maximum absolute atomic E-state index is 10.4. The summed E-state index contributed by atoms with van der Waals surface area (Å²) in [6, 6.07) is 0. The van der Waals surface area contributed by atoms with Crippen LogP contribution in [0.3, 0.4) is 0 Å². The van der Waals surface area contributed by atoms with Gasteiger partial charge in [-0.1, -0.05) is 27.2 Å². The summed E-state index contributed by atoms with van der Waals surface area (Å²) in [7, 11) is 0. The van der Waals surface area contributed by atoms with Gasteiger partial charge in [-0.05, 0) is 42.9 Å². The largest absolute Gasteiger partial charge is 0.390 e. The zero-order valence-corrected chi connectivity index (χ0v) is 10.9. The fourth-order valence-corrected chi connectivity index (χ4v) is 3.32. The van der Waals surface area contributed by atoms with E-state index in [1.54, 1.807) is 0 Å². The molecule has 6 unspecified atom stereocenters. The number of hydrogen-bond donors (Lipinski definition) is 1. The summed E-state index contributed by atoms with van der Waals surface area (Å²) in [5.41, 5.74) is 0. The molecule has 1 heterocycles. The van der Waals surface area contributed by atoms with Gasteiger partial charge in [0.15, 0.2) is 0 Å². The molecule has 2 nitrogen and oxygen atoms in total. The molecule has 0 aromatic carbocycles. The van der Waals surface area contributed by atoms with Gasteiger partial charge in [-0.2, -0.15) is 0 Å². The fourth-order valence-electron chi connectivity index (χ4n) is 3.32. The van der Waals surface area contributed by atoms with Crippen LogP contribution in [0.25, 0.3) is 0 Å². The first-order chi connectivity index (χ1) is 7.59. The normalized spacial score (nSPS) is 46.9. The van der Waals surface area contributed by atoms with E-state index in [4.69, 9.17) is 4.74 Å². The van der Waals surface area contributed by atoms with E-state index in [-0.39, 0.29) is 12.2 Å². The van der Waals surface area contributed by atoms with Crippen LogP contribution in [0.4, 0.5) is 0 Å². The molecule has 0 spiro atoms. The summed E-state index contributed by atoms with van der Waals surface area (Å²) in [5.74, 6) is 2.58. The topological polar surface area (TPSA) is 29.5 Å². The quantitative estimate of drug-likeness (QED) is 0.784. The van der Waals surface area contributed by atoms with Crippen molar-refractivity contribution in [1.82, 2.24) is 0 Å². The molecule has 2 fully saturated rings. The van der Waals surface area contributed by atoms with Crippen molar-refractivity contribution in [2.24, 2.45) is 23.7 Å². The highest BCUT2D eigenvalue weighted by Crippen LogP contribution is 2.38. The van der Waals surface area contributed by atoms with Crippen LogP contribution in [0.1, 0.15) is 46.5 Å². The Hall–Kier alpha value is -0.0800. The van der Waals surface area contributed by atoms with Crippen LogP contribution < -0.4 is 0 Å². The summed E-state index contributed by atoms with van der Waals surface area (Å²) in [6.45, 7) is 7.70. The van der Waals surface area contributed by atoms with Gasteiger partial charge in [0.2, 0.25) is 0 Å². The molecule has 2 heteroatoms. The van der Waals surface area contributed by atoms with Gasteiger partial charge >= 0.3 is 0 Å². The minimum atomic E-state index is -0.229. The lowest BCUT2D eigenvalue weighted by atomic mass is 9.72. The highest BCUT2D eigenvalue weighted by Gasteiger charge is 2.38. The van der Waals surface area contributed by atoms with Crippen molar-refractivity contribution in [3.05, 3.63) is 0 Å². The zero-order chi connectivity index (χ0) is 11.7. The zero-order valence-electron chi connectivity index (χ0n) is 10.9. The van der Waals surface area contributed by atoms with Gasteiger partial charge in [-0.15, -0.1) is 0 Å². The monoisotopic (exact) mass is 226 g/mol. The molecule has 1 N–H and O–H groups in total. The van der Waals surface area contributed by atoms with Gasteiger partial charge in [0.1, 0.15) is 0 Å². The summed E-state index contributed by atoms with van der Waals surface area (Å²) < 4.78 is 5.69. The Labute approximate surface area is 99.4 Å². The average molecular weight is 226 g/mol. The van der Waals surface area contributed by atoms with E-state index >= 15 is 0 Å². The fraction of sp³-hybridized carbons (Fsp3) is 1.00. The molecule has 0 bridgehead atoms. The molecule has 16 heavy (non-hydrogen) atoms. The summed E-state index contributed by atoms with van der Waals surface area (Å²) in [4.78, 5) is 0. The predicted octanol–water partition coefficient (Wildman–Crippen LogP) is 2.84. The molecule has 1 saturated heterocycles. The first kappa shape index (κ1) is 12.4. The molecule has 0 amide bonds. The Morgan fingerprint density at radius 3 is 2.31 bits per heavy atom. The van der Waals surface area contributed by atoms with Crippen molar-refractivity contribution in [2.75, 3.05) is 6.61 Å². The van der Waals surface area contributed by atoms with E-state index in [0.717, 1.165) is 24.9 Å². The number of rotatable bonds is 2. The Kier molecular flexibility index (Phi) is 3.91. The number of hydrogen-bond acceptors (Lipinski definition) is 2. The van der Waals surface area contributed by atoms with Crippen molar-refractivity contribution in [3.8, 4) is 0 Å².